The van der Waals surface area contributed by atoms with Crippen LogP contribution in [0, 0.1) is 25.5 Å². The fourth-order valence-corrected chi connectivity index (χ4v) is 1.85. The molecule has 0 aliphatic carbocycles. The standard InChI is InChI=1S/C13H12F2N2O/c1-8-12(7-18)9(2)17(16-8)6-10-3-4-11(14)5-13(10)15/h3-5,7H,6H2,1-2H3. The number of aryl methyl sites for hydroxylation is 1. The summed E-state index contributed by atoms with van der Waals surface area (Å²) in [6.07, 6.45) is 0.731. The zero-order chi connectivity index (χ0) is 13.3. The van der Waals surface area contributed by atoms with Crippen molar-refractivity contribution in [3.05, 3.63) is 52.3 Å². The SMILES string of the molecule is Cc1nn(Cc2ccc(F)cc2F)c(C)c1C=O. The van der Waals surface area contributed by atoms with E-state index in [2.05, 4.69) is 5.10 Å². The Bertz CT molecular complexity index is 605. The van der Waals surface area contributed by atoms with Crippen molar-refractivity contribution < 1.29 is 13.6 Å². The first kappa shape index (κ1) is 12.4. The van der Waals surface area contributed by atoms with Gasteiger partial charge in [0.15, 0.2) is 6.29 Å². The topological polar surface area (TPSA) is 34.9 Å². The van der Waals surface area contributed by atoms with Gasteiger partial charge in [0.05, 0.1) is 17.8 Å². The molecule has 0 aliphatic rings. The van der Waals surface area contributed by atoms with E-state index in [0.29, 0.717) is 22.5 Å². The smallest absolute Gasteiger partial charge is 0.153 e. The summed E-state index contributed by atoms with van der Waals surface area (Å²) >= 11 is 0. The first-order valence-electron chi connectivity index (χ1n) is 5.46. The molecule has 1 heterocycles. The Morgan fingerprint density at radius 2 is 2.06 bits per heavy atom. The van der Waals surface area contributed by atoms with Crippen LogP contribution in [0.3, 0.4) is 0 Å². The Morgan fingerprint density at radius 3 is 2.61 bits per heavy atom. The Labute approximate surface area is 103 Å². The fraction of sp³-hybridized carbons (Fsp3) is 0.231. The van der Waals surface area contributed by atoms with Gasteiger partial charge in [-0.25, -0.2) is 8.78 Å². The van der Waals surface area contributed by atoms with Crippen molar-refractivity contribution in [1.82, 2.24) is 9.78 Å². The summed E-state index contributed by atoms with van der Waals surface area (Å²) in [6.45, 7) is 3.63. The average Bonchev–Trinajstić information content (AvgIpc) is 2.58. The third-order valence-corrected chi connectivity index (χ3v) is 2.89. The number of hydrogen-bond donors (Lipinski definition) is 0. The molecule has 0 saturated heterocycles. The quantitative estimate of drug-likeness (QED) is 0.785. The molecule has 1 aromatic heterocycles. The van der Waals surface area contributed by atoms with Crippen LogP contribution in [-0.2, 0) is 6.54 Å². The second kappa shape index (κ2) is 4.68. The number of benzene rings is 1. The van der Waals surface area contributed by atoms with Gasteiger partial charge in [-0.1, -0.05) is 6.07 Å². The Kier molecular flexibility index (Phi) is 3.23. The molecule has 94 valence electrons. The van der Waals surface area contributed by atoms with E-state index in [0.717, 1.165) is 12.4 Å². The predicted molar refractivity (Wildman–Crippen MR) is 62.5 cm³/mol. The normalized spacial score (nSPS) is 10.7. The van der Waals surface area contributed by atoms with Crippen LogP contribution >= 0.6 is 0 Å². The molecule has 0 unspecified atom stereocenters. The zero-order valence-corrected chi connectivity index (χ0v) is 10.1. The fourth-order valence-electron chi connectivity index (χ4n) is 1.85. The Balaban J connectivity index is 2.37. The van der Waals surface area contributed by atoms with E-state index in [1.807, 2.05) is 0 Å². The van der Waals surface area contributed by atoms with Crippen molar-refractivity contribution in [3.8, 4) is 0 Å². The Hall–Kier alpha value is -2.04. The molecule has 1 aromatic carbocycles. The minimum Gasteiger partial charge on any atom is -0.298 e. The van der Waals surface area contributed by atoms with E-state index in [-0.39, 0.29) is 6.54 Å². The molecule has 0 bridgehead atoms. The molecule has 0 N–H and O–H groups in total. The first-order chi connectivity index (χ1) is 8.52. The molecule has 0 amide bonds. The monoisotopic (exact) mass is 250 g/mol. The van der Waals surface area contributed by atoms with E-state index >= 15 is 0 Å². The molecule has 3 nitrogen and oxygen atoms in total. The summed E-state index contributed by atoms with van der Waals surface area (Å²) in [5.41, 5.74) is 2.12. The van der Waals surface area contributed by atoms with Gasteiger partial charge in [-0.3, -0.25) is 9.48 Å². The average molecular weight is 250 g/mol. The summed E-state index contributed by atoms with van der Waals surface area (Å²) in [6, 6.07) is 3.41. The summed E-state index contributed by atoms with van der Waals surface area (Å²) in [7, 11) is 0. The summed E-state index contributed by atoms with van der Waals surface area (Å²) < 4.78 is 27.8. The number of halogens is 2. The maximum Gasteiger partial charge on any atom is 0.153 e. The zero-order valence-electron chi connectivity index (χ0n) is 10.1. The molecule has 5 heteroatoms. The van der Waals surface area contributed by atoms with Gasteiger partial charge in [0.2, 0.25) is 0 Å². The van der Waals surface area contributed by atoms with Crippen molar-refractivity contribution in [1.29, 1.82) is 0 Å². The number of nitrogens with zero attached hydrogens (tertiary/aromatic N) is 2. The van der Waals surface area contributed by atoms with E-state index in [1.165, 1.54) is 16.8 Å². The van der Waals surface area contributed by atoms with E-state index in [4.69, 9.17) is 0 Å². The minimum atomic E-state index is -0.616. The van der Waals surface area contributed by atoms with Crippen molar-refractivity contribution in [2.24, 2.45) is 0 Å². The molecule has 0 radical (unpaired) electrons. The van der Waals surface area contributed by atoms with Crippen LogP contribution < -0.4 is 0 Å². The molecule has 0 saturated carbocycles. The van der Waals surface area contributed by atoms with Gasteiger partial charge >= 0.3 is 0 Å². The van der Waals surface area contributed by atoms with Gasteiger partial charge in [-0.15, -0.1) is 0 Å². The lowest BCUT2D eigenvalue weighted by Gasteiger charge is -2.06. The summed E-state index contributed by atoms with van der Waals surface area (Å²) in [5.74, 6) is -1.23. The molecule has 0 fully saturated rings. The van der Waals surface area contributed by atoms with Crippen molar-refractivity contribution in [3.63, 3.8) is 0 Å². The van der Waals surface area contributed by atoms with Gasteiger partial charge in [-0.2, -0.15) is 5.10 Å². The highest BCUT2D eigenvalue weighted by Gasteiger charge is 2.12. The van der Waals surface area contributed by atoms with Gasteiger partial charge in [0.1, 0.15) is 11.6 Å². The van der Waals surface area contributed by atoms with Crippen molar-refractivity contribution in [2.75, 3.05) is 0 Å². The van der Waals surface area contributed by atoms with Crippen LogP contribution in [0.25, 0.3) is 0 Å². The van der Waals surface area contributed by atoms with E-state index in [1.54, 1.807) is 13.8 Å². The lowest BCUT2D eigenvalue weighted by Crippen LogP contribution is -2.06. The number of aldehydes is 1. The van der Waals surface area contributed by atoms with Crippen LogP contribution in [0.15, 0.2) is 18.2 Å². The highest BCUT2D eigenvalue weighted by Crippen LogP contribution is 2.15. The summed E-state index contributed by atoms with van der Waals surface area (Å²) in [5, 5.41) is 4.16. The molecule has 2 rings (SSSR count). The minimum absolute atomic E-state index is 0.173. The lowest BCUT2D eigenvalue weighted by atomic mass is 10.2. The van der Waals surface area contributed by atoms with Crippen molar-refractivity contribution >= 4 is 6.29 Å². The molecule has 0 atom stereocenters. The van der Waals surface area contributed by atoms with Gasteiger partial charge in [-0.05, 0) is 19.9 Å². The third-order valence-electron chi connectivity index (χ3n) is 2.89. The largest absolute Gasteiger partial charge is 0.298 e. The molecule has 0 spiro atoms. The highest BCUT2D eigenvalue weighted by atomic mass is 19.1. The summed E-state index contributed by atoms with van der Waals surface area (Å²) in [4.78, 5) is 10.8. The highest BCUT2D eigenvalue weighted by molar-refractivity contribution is 5.78. The van der Waals surface area contributed by atoms with Crippen LogP contribution in [0.5, 0.6) is 0 Å². The molecule has 0 aliphatic heterocycles. The second-order valence-corrected chi connectivity index (χ2v) is 4.10. The van der Waals surface area contributed by atoms with Crippen LogP contribution in [0.2, 0.25) is 0 Å². The maximum absolute atomic E-state index is 13.5. The van der Waals surface area contributed by atoms with E-state index in [9.17, 15) is 13.6 Å². The maximum atomic E-state index is 13.5. The van der Waals surface area contributed by atoms with Gasteiger partial charge in [0, 0.05) is 17.3 Å². The Morgan fingerprint density at radius 1 is 1.33 bits per heavy atom. The number of carbonyl (C=O) groups excluding carboxylic acids is 1. The van der Waals surface area contributed by atoms with Crippen LogP contribution in [0.4, 0.5) is 8.78 Å². The number of carbonyl (C=O) groups is 1. The van der Waals surface area contributed by atoms with Gasteiger partial charge in [0.25, 0.3) is 0 Å². The van der Waals surface area contributed by atoms with Crippen molar-refractivity contribution in [2.45, 2.75) is 20.4 Å². The third kappa shape index (κ3) is 2.16. The van der Waals surface area contributed by atoms with Crippen LogP contribution in [0.1, 0.15) is 27.3 Å². The lowest BCUT2D eigenvalue weighted by molar-refractivity contribution is 0.112. The number of rotatable bonds is 3. The first-order valence-corrected chi connectivity index (χ1v) is 5.46. The molecular weight excluding hydrogens is 238 g/mol. The number of aromatic nitrogens is 2. The second-order valence-electron chi connectivity index (χ2n) is 4.10. The predicted octanol–water partition coefficient (Wildman–Crippen LogP) is 2.64. The molecular formula is C13H12F2N2O. The van der Waals surface area contributed by atoms with Gasteiger partial charge < -0.3 is 0 Å². The molecule has 18 heavy (non-hydrogen) atoms. The van der Waals surface area contributed by atoms with Crippen LogP contribution in [-0.4, -0.2) is 16.1 Å². The van der Waals surface area contributed by atoms with E-state index < -0.39 is 11.6 Å². The molecule has 2 aromatic rings. The number of hydrogen-bond acceptors (Lipinski definition) is 2.